The lowest BCUT2D eigenvalue weighted by atomic mass is 9.99. The minimum absolute atomic E-state index is 0.0943. The van der Waals surface area contributed by atoms with E-state index in [-0.39, 0.29) is 37.2 Å². The summed E-state index contributed by atoms with van der Waals surface area (Å²) < 4.78 is 0. The van der Waals surface area contributed by atoms with Crippen molar-refractivity contribution in [3.05, 3.63) is 35.9 Å². The molecule has 10 N–H and O–H groups in total. The number of benzene rings is 1. The molecular weight excluding hydrogens is 490 g/mol. The number of guanidine groups is 1. The number of hydrogen-bond donors (Lipinski definition) is 7. The molecule has 1 aromatic rings. The van der Waals surface area contributed by atoms with E-state index in [0.29, 0.717) is 12.8 Å². The third kappa shape index (κ3) is 12.0. The van der Waals surface area contributed by atoms with Crippen LogP contribution in [0, 0.1) is 11.8 Å². The highest BCUT2D eigenvalue weighted by Crippen LogP contribution is 2.09. The fraction of sp³-hybridized carbons (Fsp3) is 0.577. The number of nitrogens with zero attached hydrogens (tertiary/aromatic N) is 1. The predicted octanol–water partition coefficient (Wildman–Crippen LogP) is -0.149. The summed E-state index contributed by atoms with van der Waals surface area (Å²) >= 11 is 0. The van der Waals surface area contributed by atoms with Gasteiger partial charge in [-0.05, 0) is 36.7 Å². The second-order valence-electron chi connectivity index (χ2n) is 10.1. The molecule has 4 atom stereocenters. The maximum Gasteiger partial charge on any atom is 0.326 e. The van der Waals surface area contributed by atoms with Gasteiger partial charge in [-0.15, -0.1) is 0 Å². The highest BCUT2D eigenvalue weighted by molar-refractivity contribution is 5.94. The van der Waals surface area contributed by atoms with Crippen LogP contribution in [0.15, 0.2) is 35.3 Å². The molecule has 0 aliphatic carbocycles. The highest BCUT2D eigenvalue weighted by Gasteiger charge is 2.32. The number of aliphatic carboxylic acids is 1. The molecule has 0 aliphatic heterocycles. The molecule has 0 heterocycles. The predicted molar refractivity (Wildman–Crippen MR) is 146 cm³/mol. The van der Waals surface area contributed by atoms with Gasteiger partial charge in [0.15, 0.2) is 5.96 Å². The number of carbonyl (C=O) groups is 4. The summed E-state index contributed by atoms with van der Waals surface area (Å²) in [4.78, 5) is 54.6. The Morgan fingerprint density at radius 2 is 1.50 bits per heavy atom. The molecule has 0 saturated carbocycles. The van der Waals surface area contributed by atoms with Crippen molar-refractivity contribution in [2.24, 2.45) is 34.0 Å². The molecule has 0 aromatic heterocycles. The summed E-state index contributed by atoms with van der Waals surface area (Å²) in [6.45, 7) is 7.55. The van der Waals surface area contributed by atoms with E-state index in [1.165, 1.54) is 0 Å². The van der Waals surface area contributed by atoms with Crippen molar-refractivity contribution in [1.29, 1.82) is 0 Å². The van der Waals surface area contributed by atoms with Gasteiger partial charge in [0.2, 0.25) is 17.7 Å². The van der Waals surface area contributed by atoms with E-state index in [1.807, 2.05) is 44.2 Å². The number of amides is 3. The van der Waals surface area contributed by atoms with E-state index in [1.54, 1.807) is 13.8 Å². The van der Waals surface area contributed by atoms with Crippen LogP contribution in [0.5, 0.6) is 0 Å². The van der Waals surface area contributed by atoms with Gasteiger partial charge in [0.05, 0.1) is 6.04 Å². The Balaban J connectivity index is 3.01. The Morgan fingerprint density at radius 1 is 0.895 bits per heavy atom. The first-order valence-corrected chi connectivity index (χ1v) is 12.8. The van der Waals surface area contributed by atoms with Crippen molar-refractivity contribution in [3.63, 3.8) is 0 Å². The second-order valence-corrected chi connectivity index (χ2v) is 10.1. The maximum atomic E-state index is 13.3. The van der Waals surface area contributed by atoms with Crippen LogP contribution in [0.4, 0.5) is 0 Å². The molecule has 38 heavy (non-hydrogen) atoms. The topological polar surface area (TPSA) is 215 Å². The van der Waals surface area contributed by atoms with Gasteiger partial charge in [0.1, 0.15) is 18.1 Å². The molecule has 12 nitrogen and oxygen atoms in total. The Hall–Kier alpha value is -3.67. The van der Waals surface area contributed by atoms with Gasteiger partial charge < -0.3 is 38.3 Å². The normalized spacial score (nSPS) is 14.2. The number of hydrogen-bond acceptors (Lipinski definition) is 6. The van der Waals surface area contributed by atoms with E-state index in [0.717, 1.165) is 5.56 Å². The lowest BCUT2D eigenvalue weighted by Gasteiger charge is -2.27. The Labute approximate surface area is 224 Å². The molecular formula is C26H43N7O5. The first-order chi connectivity index (χ1) is 17.8. The van der Waals surface area contributed by atoms with Gasteiger partial charge in [-0.2, -0.15) is 0 Å². The van der Waals surface area contributed by atoms with Crippen LogP contribution in [0.3, 0.4) is 0 Å². The summed E-state index contributed by atoms with van der Waals surface area (Å²) in [7, 11) is 0. The minimum Gasteiger partial charge on any atom is -0.480 e. The van der Waals surface area contributed by atoms with E-state index in [9.17, 15) is 24.3 Å². The van der Waals surface area contributed by atoms with Gasteiger partial charge in [-0.3, -0.25) is 19.4 Å². The van der Waals surface area contributed by atoms with Crippen LogP contribution in [0.25, 0.3) is 0 Å². The zero-order chi connectivity index (χ0) is 28.8. The van der Waals surface area contributed by atoms with Crippen LogP contribution < -0.4 is 33.2 Å². The quantitative estimate of drug-likeness (QED) is 0.0859. The van der Waals surface area contributed by atoms with Gasteiger partial charge in [-0.1, -0.05) is 58.0 Å². The summed E-state index contributed by atoms with van der Waals surface area (Å²) in [6, 6.07) is 5.11. The number of aliphatic imine (C=N–C) groups is 1. The third-order valence-electron chi connectivity index (χ3n) is 5.78. The minimum atomic E-state index is -1.22. The SMILES string of the molecule is CC(C)CC(N)C(=O)NC(Cc1ccccc1)C(=O)NC(C(=O)NC(CCCN=C(N)N)C(=O)O)C(C)C. The second kappa shape index (κ2) is 16.2. The van der Waals surface area contributed by atoms with Crippen molar-refractivity contribution in [2.75, 3.05) is 6.54 Å². The Kier molecular flexibility index (Phi) is 13.8. The average molecular weight is 534 g/mol. The molecule has 3 amide bonds. The summed E-state index contributed by atoms with van der Waals surface area (Å²) in [5, 5.41) is 17.5. The van der Waals surface area contributed by atoms with Gasteiger partial charge in [0, 0.05) is 13.0 Å². The van der Waals surface area contributed by atoms with Crippen LogP contribution in [-0.4, -0.2) is 65.5 Å². The van der Waals surface area contributed by atoms with Gasteiger partial charge >= 0.3 is 5.97 Å². The monoisotopic (exact) mass is 533 g/mol. The number of nitrogens with two attached hydrogens (primary N) is 3. The molecule has 4 unspecified atom stereocenters. The van der Waals surface area contributed by atoms with E-state index >= 15 is 0 Å². The number of carbonyl (C=O) groups excluding carboxylic acids is 3. The van der Waals surface area contributed by atoms with E-state index in [2.05, 4.69) is 20.9 Å². The van der Waals surface area contributed by atoms with Crippen LogP contribution >= 0.6 is 0 Å². The fourth-order valence-electron chi connectivity index (χ4n) is 3.76. The molecule has 1 aromatic carbocycles. The summed E-state index contributed by atoms with van der Waals surface area (Å²) in [5.41, 5.74) is 17.4. The zero-order valence-electron chi connectivity index (χ0n) is 22.6. The van der Waals surface area contributed by atoms with Crippen molar-refractivity contribution >= 4 is 29.7 Å². The van der Waals surface area contributed by atoms with E-state index < -0.39 is 47.9 Å². The lowest BCUT2D eigenvalue weighted by Crippen LogP contribution is -2.59. The number of carboxylic acid groups (broad SMARTS) is 1. The van der Waals surface area contributed by atoms with Crippen molar-refractivity contribution < 1.29 is 24.3 Å². The first kappa shape index (κ1) is 32.4. The smallest absolute Gasteiger partial charge is 0.326 e. The fourth-order valence-corrected chi connectivity index (χ4v) is 3.76. The molecule has 0 bridgehead atoms. The Morgan fingerprint density at radius 3 is 2.03 bits per heavy atom. The summed E-state index contributed by atoms with van der Waals surface area (Å²) in [5.74, 6) is -3.20. The van der Waals surface area contributed by atoms with Crippen LogP contribution in [0.1, 0.15) is 52.5 Å². The largest absolute Gasteiger partial charge is 0.480 e. The highest BCUT2D eigenvalue weighted by atomic mass is 16.4. The molecule has 212 valence electrons. The number of nitrogens with one attached hydrogen (secondary N) is 3. The van der Waals surface area contributed by atoms with Gasteiger partial charge in [0.25, 0.3) is 0 Å². The van der Waals surface area contributed by atoms with Crippen molar-refractivity contribution in [2.45, 2.75) is 77.5 Å². The van der Waals surface area contributed by atoms with E-state index in [4.69, 9.17) is 17.2 Å². The number of rotatable bonds is 16. The molecule has 0 radical (unpaired) electrons. The molecule has 0 fully saturated rings. The first-order valence-electron chi connectivity index (χ1n) is 12.8. The average Bonchev–Trinajstić information content (AvgIpc) is 2.83. The lowest BCUT2D eigenvalue weighted by molar-refractivity contribution is -0.142. The Bertz CT molecular complexity index is 949. The zero-order valence-corrected chi connectivity index (χ0v) is 22.6. The molecule has 1 rings (SSSR count). The standard InChI is InChI=1S/C26H43N7O5/c1-15(2)13-18(27)22(34)32-20(14-17-9-6-5-7-10-17)23(35)33-21(16(3)4)24(36)31-19(25(37)38)11-8-12-30-26(28)29/h5-7,9-10,15-16,18-21H,8,11-14,27H2,1-4H3,(H,31,36)(H,32,34)(H,33,35)(H,37,38)(H4,28,29,30). The van der Waals surface area contributed by atoms with Crippen LogP contribution in [0.2, 0.25) is 0 Å². The molecule has 12 heteroatoms. The number of carboxylic acids is 1. The van der Waals surface area contributed by atoms with Crippen molar-refractivity contribution in [1.82, 2.24) is 16.0 Å². The van der Waals surface area contributed by atoms with Gasteiger partial charge in [-0.25, -0.2) is 4.79 Å². The molecule has 0 saturated heterocycles. The van der Waals surface area contributed by atoms with Crippen LogP contribution in [-0.2, 0) is 25.6 Å². The third-order valence-corrected chi connectivity index (χ3v) is 5.78. The molecule has 0 spiro atoms. The molecule has 0 aliphatic rings. The summed E-state index contributed by atoms with van der Waals surface area (Å²) in [6.07, 6.45) is 1.05. The maximum absolute atomic E-state index is 13.3. The van der Waals surface area contributed by atoms with Crippen molar-refractivity contribution in [3.8, 4) is 0 Å².